The van der Waals surface area contributed by atoms with Crippen molar-refractivity contribution in [2.24, 2.45) is 5.92 Å². The third-order valence-electron chi connectivity index (χ3n) is 9.05. The van der Waals surface area contributed by atoms with Gasteiger partial charge in [0.25, 0.3) is 0 Å². The number of hydrogen-bond acceptors (Lipinski definition) is 5. The molecule has 6 rings (SSSR count). The van der Waals surface area contributed by atoms with Crippen LogP contribution in [-0.2, 0) is 24.8 Å². The van der Waals surface area contributed by atoms with Crippen molar-refractivity contribution in [2.75, 3.05) is 6.54 Å². The third kappa shape index (κ3) is 5.43. The van der Waals surface area contributed by atoms with Gasteiger partial charge in [-0.15, -0.1) is 0 Å². The van der Waals surface area contributed by atoms with Crippen LogP contribution >= 0.6 is 0 Å². The molecule has 228 valence electrons. The third-order valence-corrected chi connectivity index (χ3v) is 12.9. The van der Waals surface area contributed by atoms with Crippen LogP contribution in [0.1, 0.15) is 52.7 Å². The molecular formula is C35H36N2O5S2. The SMILES string of the molecule is Cc1ccc(S(=O)(=O)N2C[C@H]3C(=O)C[C@@H](c4ccccc4C)N(S(=O)(=O)c4ccc(C)cc4)[C@H]3C[C@H]2c2ccccc2)cc1. The van der Waals surface area contributed by atoms with Crippen molar-refractivity contribution in [2.45, 2.75) is 61.5 Å². The molecule has 2 saturated heterocycles. The van der Waals surface area contributed by atoms with Gasteiger partial charge < -0.3 is 0 Å². The van der Waals surface area contributed by atoms with E-state index in [0.717, 1.165) is 27.8 Å². The van der Waals surface area contributed by atoms with Gasteiger partial charge >= 0.3 is 0 Å². The fourth-order valence-corrected chi connectivity index (χ4v) is 10.2. The molecular weight excluding hydrogens is 593 g/mol. The second kappa shape index (κ2) is 11.7. The average Bonchev–Trinajstić information content (AvgIpc) is 3.01. The summed E-state index contributed by atoms with van der Waals surface area (Å²) < 4.78 is 60.6. The van der Waals surface area contributed by atoms with Gasteiger partial charge in [-0.05, 0) is 68.1 Å². The molecule has 2 fully saturated rings. The molecule has 0 spiro atoms. The number of rotatable bonds is 6. The molecule has 0 aromatic heterocycles. The van der Waals surface area contributed by atoms with E-state index in [1.54, 1.807) is 48.5 Å². The Kier molecular flexibility index (Phi) is 8.09. The lowest BCUT2D eigenvalue weighted by molar-refractivity contribution is -0.132. The number of hydrogen-bond donors (Lipinski definition) is 0. The number of benzene rings is 4. The van der Waals surface area contributed by atoms with Gasteiger partial charge in [-0.2, -0.15) is 8.61 Å². The molecule has 44 heavy (non-hydrogen) atoms. The van der Waals surface area contributed by atoms with Crippen molar-refractivity contribution >= 4 is 25.8 Å². The topological polar surface area (TPSA) is 91.8 Å². The van der Waals surface area contributed by atoms with E-state index in [2.05, 4.69) is 0 Å². The summed E-state index contributed by atoms with van der Waals surface area (Å²) in [4.78, 5) is 14.3. The Hall–Kier alpha value is -3.63. The molecule has 7 nitrogen and oxygen atoms in total. The summed E-state index contributed by atoms with van der Waals surface area (Å²) in [5.41, 5.74) is 4.29. The molecule has 9 heteroatoms. The van der Waals surface area contributed by atoms with Gasteiger partial charge in [0, 0.05) is 24.9 Å². The number of fused-ring (bicyclic) bond motifs is 1. The Morgan fingerprint density at radius 1 is 0.636 bits per heavy atom. The molecule has 4 aromatic carbocycles. The number of piperidine rings is 2. The fourth-order valence-electron chi connectivity index (χ4n) is 6.69. The minimum absolute atomic E-state index is 0.0362. The summed E-state index contributed by atoms with van der Waals surface area (Å²) in [6.45, 7) is 5.60. The van der Waals surface area contributed by atoms with E-state index in [1.165, 1.54) is 8.61 Å². The van der Waals surface area contributed by atoms with Gasteiger partial charge in [0.1, 0.15) is 5.78 Å². The molecule has 0 saturated carbocycles. The Labute approximate surface area is 260 Å². The Bertz CT molecular complexity index is 1890. The first-order valence-electron chi connectivity index (χ1n) is 14.8. The number of carbonyl (C=O) groups is 1. The summed E-state index contributed by atoms with van der Waals surface area (Å²) in [5.74, 6) is -0.954. The summed E-state index contributed by atoms with van der Waals surface area (Å²) >= 11 is 0. The van der Waals surface area contributed by atoms with Crippen LogP contribution < -0.4 is 0 Å². The number of nitrogens with zero attached hydrogens (tertiary/aromatic N) is 2. The number of aryl methyl sites for hydroxylation is 3. The molecule has 0 radical (unpaired) electrons. The summed E-state index contributed by atoms with van der Waals surface area (Å²) in [5, 5.41) is 0. The molecule has 4 aromatic rings. The van der Waals surface area contributed by atoms with E-state index in [4.69, 9.17) is 0 Å². The summed E-state index contributed by atoms with van der Waals surface area (Å²) in [6, 6.07) is 28.2. The highest BCUT2D eigenvalue weighted by molar-refractivity contribution is 7.89. The van der Waals surface area contributed by atoms with E-state index >= 15 is 0 Å². The maximum Gasteiger partial charge on any atom is 0.243 e. The Morgan fingerprint density at radius 2 is 1.18 bits per heavy atom. The lowest BCUT2D eigenvalue weighted by atomic mass is 9.77. The van der Waals surface area contributed by atoms with Crippen molar-refractivity contribution in [3.63, 3.8) is 0 Å². The summed E-state index contributed by atoms with van der Waals surface area (Å²) in [6.07, 6.45) is 0.102. The predicted octanol–water partition coefficient (Wildman–Crippen LogP) is 6.14. The van der Waals surface area contributed by atoms with Crippen LogP contribution in [0.2, 0.25) is 0 Å². The Balaban J connectivity index is 1.51. The number of sulfonamides is 2. The van der Waals surface area contributed by atoms with Crippen molar-refractivity contribution in [3.8, 4) is 0 Å². The van der Waals surface area contributed by atoms with E-state index in [0.29, 0.717) is 0 Å². The summed E-state index contributed by atoms with van der Waals surface area (Å²) in [7, 11) is -8.11. The molecule has 0 amide bonds. The van der Waals surface area contributed by atoms with Gasteiger partial charge in [0.2, 0.25) is 20.0 Å². The van der Waals surface area contributed by atoms with Gasteiger partial charge in [0.15, 0.2) is 0 Å². The fraction of sp³-hybridized carbons (Fsp3) is 0.286. The minimum atomic E-state index is -4.09. The molecule has 0 unspecified atom stereocenters. The highest BCUT2D eigenvalue weighted by Gasteiger charge is 2.54. The van der Waals surface area contributed by atoms with Gasteiger partial charge in [-0.25, -0.2) is 16.8 Å². The molecule has 2 aliphatic heterocycles. The lowest BCUT2D eigenvalue weighted by Crippen LogP contribution is -2.61. The highest BCUT2D eigenvalue weighted by Crippen LogP contribution is 2.48. The monoisotopic (exact) mass is 628 g/mol. The van der Waals surface area contributed by atoms with Gasteiger partial charge in [-0.3, -0.25) is 4.79 Å². The van der Waals surface area contributed by atoms with Crippen LogP contribution in [0.3, 0.4) is 0 Å². The lowest BCUT2D eigenvalue weighted by Gasteiger charge is -2.51. The maximum absolute atomic E-state index is 14.6. The van der Waals surface area contributed by atoms with Crippen LogP contribution in [0.4, 0.5) is 0 Å². The average molecular weight is 629 g/mol. The number of ketones is 1. The van der Waals surface area contributed by atoms with E-state index < -0.39 is 44.1 Å². The van der Waals surface area contributed by atoms with Crippen LogP contribution in [0, 0.1) is 26.7 Å². The molecule has 2 aliphatic rings. The first kappa shape index (κ1) is 30.4. The molecule has 0 bridgehead atoms. The Morgan fingerprint density at radius 3 is 1.77 bits per heavy atom. The van der Waals surface area contributed by atoms with E-state index in [9.17, 15) is 21.6 Å². The molecule has 4 atom stereocenters. The first-order valence-corrected chi connectivity index (χ1v) is 17.7. The van der Waals surface area contributed by atoms with Crippen LogP contribution in [0.15, 0.2) is 113 Å². The van der Waals surface area contributed by atoms with Crippen molar-refractivity contribution in [1.82, 2.24) is 8.61 Å². The van der Waals surface area contributed by atoms with Gasteiger partial charge in [-0.1, -0.05) is 90.0 Å². The highest BCUT2D eigenvalue weighted by atomic mass is 32.2. The van der Waals surface area contributed by atoms with Crippen molar-refractivity contribution in [3.05, 3.63) is 131 Å². The number of Topliss-reactive ketones (excluding diaryl/α,β-unsaturated/α-hetero) is 1. The molecule has 0 N–H and O–H groups in total. The first-order chi connectivity index (χ1) is 21.0. The molecule has 0 aliphatic carbocycles. The van der Waals surface area contributed by atoms with E-state index in [-0.39, 0.29) is 35.0 Å². The normalized spacial score (nSPS) is 23.3. The zero-order valence-corrected chi connectivity index (χ0v) is 26.6. The zero-order valence-electron chi connectivity index (χ0n) is 25.0. The van der Waals surface area contributed by atoms with Crippen molar-refractivity contribution < 1.29 is 21.6 Å². The maximum atomic E-state index is 14.6. The largest absolute Gasteiger partial charge is 0.299 e. The van der Waals surface area contributed by atoms with Crippen molar-refractivity contribution in [1.29, 1.82) is 0 Å². The quantitative estimate of drug-likeness (QED) is 0.256. The zero-order chi connectivity index (χ0) is 31.2. The minimum Gasteiger partial charge on any atom is -0.299 e. The van der Waals surface area contributed by atoms with Crippen LogP contribution in [0.5, 0.6) is 0 Å². The predicted molar refractivity (Wildman–Crippen MR) is 170 cm³/mol. The van der Waals surface area contributed by atoms with Crippen LogP contribution in [-0.4, -0.2) is 43.8 Å². The second-order valence-electron chi connectivity index (χ2n) is 11.9. The smallest absolute Gasteiger partial charge is 0.243 e. The van der Waals surface area contributed by atoms with Gasteiger partial charge in [0.05, 0.1) is 21.9 Å². The number of carbonyl (C=O) groups excluding carboxylic acids is 1. The van der Waals surface area contributed by atoms with Crippen LogP contribution in [0.25, 0.3) is 0 Å². The standard InChI is InChI=1S/C35H36N2O5S2/c1-24-13-17-28(18-14-24)43(39,40)36-23-31-33(21-32(36)27-10-5-4-6-11-27)37(44(41,42)29-19-15-25(2)16-20-29)34(22-35(31)38)30-12-8-7-9-26(30)3/h4-20,31-34H,21-23H2,1-3H3/t31-,32+,33+,34+/m1/s1. The van der Waals surface area contributed by atoms with E-state index in [1.807, 2.05) is 75.4 Å². The molecule has 2 heterocycles. The second-order valence-corrected chi connectivity index (χ2v) is 15.6.